The maximum absolute atomic E-state index is 13.6. The molecule has 1 atom stereocenters. The highest BCUT2D eigenvalue weighted by molar-refractivity contribution is 6.58. The van der Waals surface area contributed by atoms with Crippen LogP contribution in [0.1, 0.15) is 30.1 Å². The molecule has 0 aliphatic carbocycles. The number of rotatable bonds is 2. The number of hydrogen-bond acceptors (Lipinski definition) is 4. The molecule has 2 aliphatic rings. The summed E-state index contributed by atoms with van der Waals surface area (Å²) in [5.74, 6) is -0.306. The average molecular weight is 355 g/mol. The van der Waals surface area contributed by atoms with Crippen LogP contribution in [0, 0.1) is 5.82 Å². The van der Waals surface area contributed by atoms with Gasteiger partial charge in [-0.05, 0) is 36.6 Å². The molecule has 3 heterocycles. The van der Waals surface area contributed by atoms with E-state index in [1.54, 1.807) is 21.9 Å². The van der Waals surface area contributed by atoms with E-state index >= 15 is 0 Å². The third kappa shape index (κ3) is 2.95. The lowest BCUT2D eigenvalue weighted by atomic mass is 9.81. The lowest BCUT2D eigenvalue weighted by molar-refractivity contribution is 0.200. The van der Waals surface area contributed by atoms with Gasteiger partial charge in [0.2, 0.25) is 0 Å². The molecule has 8 heteroatoms. The van der Waals surface area contributed by atoms with Crippen LogP contribution < -0.4 is 10.4 Å². The molecule has 2 aromatic rings. The van der Waals surface area contributed by atoms with Crippen molar-refractivity contribution in [2.75, 3.05) is 18.0 Å². The quantitative estimate of drug-likeness (QED) is 0.795. The van der Waals surface area contributed by atoms with Crippen molar-refractivity contribution in [3.05, 3.63) is 53.6 Å². The van der Waals surface area contributed by atoms with Crippen LogP contribution in [0.2, 0.25) is 0 Å². The summed E-state index contributed by atoms with van der Waals surface area (Å²) in [5.41, 5.74) is 2.44. The van der Waals surface area contributed by atoms with E-state index in [1.807, 2.05) is 6.07 Å². The van der Waals surface area contributed by atoms with Crippen molar-refractivity contribution in [1.29, 1.82) is 0 Å². The number of carbonyl (C=O) groups excluding carboxylic acids is 1. The van der Waals surface area contributed by atoms with Gasteiger partial charge in [0.15, 0.2) is 0 Å². The minimum Gasteiger partial charge on any atom is -0.423 e. The van der Waals surface area contributed by atoms with Crippen LogP contribution >= 0.6 is 0 Å². The van der Waals surface area contributed by atoms with Crippen molar-refractivity contribution in [3.8, 4) is 0 Å². The van der Waals surface area contributed by atoms with E-state index in [9.17, 15) is 19.2 Å². The Morgan fingerprint density at radius 2 is 2.12 bits per heavy atom. The molecule has 0 spiro atoms. The maximum atomic E-state index is 13.6. The van der Waals surface area contributed by atoms with Crippen molar-refractivity contribution >= 4 is 24.3 Å². The van der Waals surface area contributed by atoms with Crippen molar-refractivity contribution < 1.29 is 19.2 Å². The van der Waals surface area contributed by atoms with E-state index in [4.69, 9.17) is 0 Å². The van der Waals surface area contributed by atoms with Gasteiger partial charge < -0.3 is 14.9 Å². The van der Waals surface area contributed by atoms with E-state index in [-0.39, 0.29) is 23.4 Å². The van der Waals surface area contributed by atoms with Crippen LogP contribution in [-0.2, 0) is 6.42 Å². The van der Waals surface area contributed by atoms with Crippen molar-refractivity contribution in [1.82, 2.24) is 9.88 Å². The van der Waals surface area contributed by atoms with E-state index in [0.717, 1.165) is 24.1 Å². The van der Waals surface area contributed by atoms with Gasteiger partial charge in [0.1, 0.15) is 5.82 Å². The topological polar surface area (TPSA) is 76.9 Å². The summed E-state index contributed by atoms with van der Waals surface area (Å²) < 4.78 is 13.6. The number of pyridine rings is 1. The molecular weight excluding hydrogens is 336 g/mol. The molecule has 0 radical (unpaired) electrons. The first-order valence-electron chi connectivity index (χ1n) is 8.73. The zero-order chi connectivity index (χ0) is 18.3. The normalized spacial score (nSPS) is 19.0. The Bertz CT molecular complexity index is 848. The number of carbonyl (C=O) groups is 1. The van der Waals surface area contributed by atoms with Crippen LogP contribution in [-0.4, -0.2) is 46.2 Å². The van der Waals surface area contributed by atoms with Crippen molar-refractivity contribution in [2.45, 2.75) is 25.3 Å². The van der Waals surface area contributed by atoms with Crippen LogP contribution in [0.15, 0.2) is 36.5 Å². The van der Waals surface area contributed by atoms with E-state index < -0.39 is 7.12 Å². The Morgan fingerprint density at radius 3 is 2.88 bits per heavy atom. The predicted octanol–water partition coefficient (Wildman–Crippen LogP) is 1.22. The molecule has 134 valence electrons. The number of amides is 2. The highest BCUT2D eigenvalue weighted by Gasteiger charge is 2.36. The molecule has 0 saturated carbocycles. The number of nitrogens with zero attached hydrogens (tertiary/aromatic N) is 3. The van der Waals surface area contributed by atoms with Gasteiger partial charge in [-0.1, -0.05) is 12.1 Å². The van der Waals surface area contributed by atoms with Crippen LogP contribution in [0.5, 0.6) is 0 Å². The summed E-state index contributed by atoms with van der Waals surface area (Å²) >= 11 is 0. The number of fused-ring (bicyclic) bond motifs is 1. The molecule has 1 fully saturated rings. The fourth-order valence-corrected chi connectivity index (χ4v) is 3.81. The molecule has 1 unspecified atom stereocenters. The van der Waals surface area contributed by atoms with Gasteiger partial charge in [0.05, 0.1) is 17.4 Å². The summed E-state index contributed by atoms with van der Waals surface area (Å²) in [6.45, 7) is 1.11. The highest BCUT2D eigenvalue weighted by atomic mass is 19.1. The molecule has 4 rings (SSSR count). The Balaban J connectivity index is 1.62. The SMILES string of the molecule is O=C(N1CCc2ncc(B(O)O)cc21)N1CCCC1c1cccc(F)c1. The largest absolute Gasteiger partial charge is 0.490 e. The maximum Gasteiger partial charge on any atom is 0.490 e. The molecule has 0 bridgehead atoms. The summed E-state index contributed by atoms with van der Waals surface area (Å²) in [6.07, 6.45) is 3.70. The lowest BCUT2D eigenvalue weighted by Crippen LogP contribution is -2.42. The van der Waals surface area contributed by atoms with Gasteiger partial charge in [0.25, 0.3) is 0 Å². The molecule has 1 aromatic heterocycles. The number of halogens is 1. The van der Waals surface area contributed by atoms with Crippen molar-refractivity contribution in [2.24, 2.45) is 0 Å². The third-order valence-corrected chi connectivity index (χ3v) is 5.09. The van der Waals surface area contributed by atoms with Gasteiger partial charge in [-0.3, -0.25) is 9.88 Å². The number of benzene rings is 1. The minimum atomic E-state index is -1.63. The second-order valence-corrected chi connectivity index (χ2v) is 6.70. The zero-order valence-corrected chi connectivity index (χ0v) is 14.2. The van der Waals surface area contributed by atoms with E-state index in [2.05, 4.69) is 4.98 Å². The Kier molecular flexibility index (Phi) is 4.38. The molecular formula is C18H19BFN3O3. The first kappa shape index (κ1) is 17.0. The minimum absolute atomic E-state index is 0.151. The van der Waals surface area contributed by atoms with Gasteiger partial charge >= 0.3 is 13.1 Å². The molecule has 26 heavy (non-hydrogen) atoms. The van der Waals surface area contributed by atoms with Crippen LogP contribution in [0.4, 0.5) is 14.9 Å². The summed E-state index contributed by atoms with van der Waals surface area (Å²) in [6, 6.07) is 7.69. The summed E-state index contributed by atoms with van der Waals surface area (Å²) in [4.78, 5) is 20.8. The first-order chi connectivity index (χ1) is 12.5. The number of anilines is 1. The van der Waals surface area contributed by atoms with Crippen molar-refractivity contribution in [3.63, 3.8) is 0 Å². The van der Waals surface area contributed by atoms with E-state index in [0.29, 0.717) is 25.2 Å². The molecule has 2 aliphatic heterocycles. The molecule has 1 saturated heterocycles. The monoisotopic (exact) mass is 355 g/mol. The summed E-state index contributed by atoms with van der Waals surface area (Å²) in [5, 5.41) is 18.7. The van der Waals surface area contributed by atoms with E-state index in [1.165, 1.54) is 18.3 Å². The zero-order valence-electron chi connectivity index (χ0n) is 14.2. The van der Waals surface area contributed by atoms with Crippen LogP contribution in [0.25, 0.3) is 0 Å². The Morgan fingerprint density at radius 1 is 1.27 bits per heavy atom. The molecule has 2 N–H and O–H groups in total. The average Bonchev–Trinajstić information content (AvgIpc) is 3.27. The molecule has 1 aromatic carbocycles. The fourth-order valence-electron chi connectivity index (χ4n) is 3.81. The predicted molar refractivity (Wildman–Crippen MR) is 95.6 cm³/mol. The fraction of sp³-hybridized carbons (Fsp3) is 0.333. The third-order valence-electron chi connectivity index (χ3n) is 5.09. The smallest absolute Gasteiger partial charge is 0.423 e. The second-order valence-electron chi connectivity index (χ2n) is 6.70. The number of aromatic nitrogens is 1. The Labute approximate surface area is 151 Å². The standard InChI is InChI=1S/C18H19BFN3O3/c20-14-4-1-3-12(9-14)16-5-2-7-22(16)18(24)23-8-6-15-17(23)10-13(11-21-15)19(25)26/h1,3-4,9-11,16,25-26H,2,5-8H2. The first-order valence-corrected chi connectivity index (χ1v) is 8.73. The number of likely N-dealkylation sites (tertiary alicyclic amines) is 1. The number of hydrogen-bond donors (Lipinski definition) is 2. The van der Waals surface area contributed by atoms with Crippen LogP contribution in [0.3, 0.4) is 0 Å². The van der Waals surface area contributed by atoms with Gasteiger partial charge in [-0.2, -0.15) is 0 Å². The Hall–Kier alpha value is -2.45. The van der Waals surface area contributed by atoms with Gasteiger partial charge in [-0.25, -0.2) is 9.18 Å². The summed E-state index contributed by atoms with van der Waals surface area (Å²) in [7, 11) is -1.63. The molecule has 6 nitrogen and oxygen atoms in total. The highest BCUT2D eigenvalue weighted by Crippen LogP contribution is 2.35. The molecule has 2 amide bonds. The number of urea groups is 1. The van der Waals surface area contributed by atoms with Gasteiger partial charge in [-0.15, -0.1) is 0 Å². The second kappa shape index (κ2) is 6.70. The van der Waals surface area contributed by atoms with Gasteiger partial charge in [0, 0.05) is 31.2 Å². The lowest BCUT2D eigenvalue weighted by Gasteiger charge is -2.30.